The maximum absolute atomic E-state index is 8.40. The van der Waals surface area contributed by atoms with Crippen molar-refractivity contribution in [3.63, 3.8) is 0 Å². The van der Waals surface area contributed by atoms with Gasteiger partial charge in [0.2, 0.25) is 0 Å². The lowest BCUT2D eigenvalue weighted by Crippen LogP contribution is -1.83. The molecule has 1 aromatic carbocycles. The third kappa shape index (κ3) is 1.46. The van der Waals surface area contributed by atoms with Crippen LogP contribution in [0.3, 0.4) is 0 Å². The smallest absolute Gasteiger partial charge is 0.197 e. The van der Waals surface area contributed by atoms with E-state index in [0.717, 1.165) is 10.2 Å². The molecular weight excluding hydrogens is 182 g/mol. The lowest BCUT2D eigenvalue weighted by molar-refractivity contribution is 1.41. The number of aromatic nitrogens is 1. The average Bonchev–Trinajstić information content (AvgIpc) is 2.46. The summed E-state index contributed by atoms with van der Waals surface area (Å²) >= 11 is 1.49. The summed E-state index contributed by atoms with van der Waals surface area (Å²) in [4.78, 5) is 4.25. The molecule has 3 nitrogen and oxygen atoms in total. The van der Waals surface area contributed by atoms with Gasteiger partial charge in [0.15, 0.2) is 11.3 Å². The van der Waals surface area contributed by atoms with Crippen LogP contribution in [0, 0.1) is 18.4 Å². The Balaban J connectivity index is 2.57. The molecule has 64 valence electrons. The van der Waals surface area contributed by atoms with Crippen LogP contribution in [0.5, 0.6) is 0 Å². The summed E-state index contributed by atoms with van der Waals surface area (Å²) in [7, 11) is 0. The normalized spacial score (nSPS) is 9.85. The summed E-state index contributed by atoms with van der Waals surface area (Å²) in [6.07, 6.45) is 1.86. The zero-order valence-corrected chi connectivity index (χ0v) is 7.85. The molecule has 1 N–H and O–H groups in total. The van der Waals surface area contributed by atoms with E-state index >= 15 is 0 Å². The molecule has 1 heterocycles. The molecule has 4 heteroatoms. The quantitative estimate of drug-likeness (QED) is 0.554. The van der Waals surface area contributed by atoms with E-state index in [1.807, 2.05) is 31.3 Å². The van der Waals surface area contributed by atoms with Crippen LogP contribution in [0.4, 0.5) is 5.13 Å². The highest BCUT2D eigenvalue weighted by Gasteiger charge is 2.01. The van der Waals surface area contributed by atoms with Crippen molar-refractivity contribution < 1.29 is 0 Å². The second kappa shape index (κ2) is 3.04. The highest BCUT2D eigenvalue weighted by Crippen LogP contribution is 2.25. The molecule has 0 aliphatic rings. The third-order valence-corrected chi connectivity index (χ3v) is 2.66. The highest BCUT2D eigenvalue weighted by atomic mass is 32.1. The topological polar surface area (TPSA) is 48.7 Å². The molecule has 0 saturated heterocycles. The number of fused-ring (bicyclic) bond motifs is 1. The van der Waals surface area contributed by atoms with Crippen LogP contribution in [0.15, 0.2) is 18.2 Å². The fraction of sp³-hybridized carbons (Fsp3) is 0.111. The zero-order valence-electron chi connectivity index (χ0n) is 7.03. The number of nitrogens with zero attached hydrogens (tertiary/aromatic N) is 2. The SMILES string of the molecule is Cc1ccc2sc(NC#N)nc2c1. The van der Waals surface area contributed by atoms with Crippen LogP contribution in [0.1, 0.15) is 5.56 Å². The Morgan fingerprint density at radius 2 is 2.38 bits per heavy atom. The molecule has 0 saturated carbocycles. The summed E-state index contributed by atoms with van der Waals surface area (Å²) in [6, 6.07) is 6.07. The van der Waals surface area contributed by atoms with E-state index in [9.17, 15) is 0 Å². The zero-order chi connectivity index (χ0) is 9.26. The molecule has 2 rings (SSSR count). The first-order valence-electron chi connectivity index (χ1n) is 3.82. The minimum absolute atomic E-state index is 0.656. The molecule has 13 heavy (non-hydrogen) atoms. The molecule has 0 radical (unpaired) electrons. The molecule has 0 aliphatic carbocycles. The van der Waals surface area contributed by atoms with Crippen LogP contribution < -0.4 is 5.32 Å². The van der Waals surface area contributed by atoms with Crippen LogP contribution in [-0.2, 0) is 0 Å². The Kier molecular flexibility index (Phi) is 1.87. The summed E-state index contributed by atoms with van der Waals surface area (Å²) in [6.45, 7) is 2.02. The fourth-order valence-electron chi connectivity index (χ4n) is 1.14. The first-order chi connectivity index (χ1) is 6.29. The van der Waals surface area contributed by atoms with Crippen molar-refractivity contribution in [1.82, 2.24) is 4.98 Å². The van der Waals surface area contributed by atoms with Crippen molar-refractivity contribution in [2.24, 2.45) is 0 Å². The molecule has 2 aromatic rings. The van der Waals surface area contributed by atoms with Crippen molar-refractivity contribution in [2.45, 2.75) is 6.92 Å². The summed E-state index contributed by atoms with van der Waals surface area (Å²) in [5, 5.41) is 11.6. The Hall–Kier alpha value is -1.60. The number of hydrogen-bond acceptors (Lipinski definition) is 4. The van der Waals surface area contributed by atoms with Crippen LogP contribution in [-0.4, -0.2) is 4.98 Å². The maximum atomic E-state index is 8.40. The van der Waals surface area contributed by atoms with E-state index < -0.39 is 0 Å². The van der Waals surface area contributed by atoms with E-state index in [0.29, 0.717) is 5.13 Å². The van der Waals surface area contributed by atoms with Gasteiger partial charge in [0.1, 0.15) is 0 Å². The molecule has 0 atom stereocenters. The van der Waals surface area contributed by atoms with Crippen molar-refractivity contribution in [3.8, 4) is 6.19 Å². The van der Waals surface area contributed by atoms with E-state index in [-0.39, 0.29) is 0 Å². The van der Waals surface area contributed by atoms with Gasteiger partial charge in [-0.15, -0.1) is 0 Å². The predicted octanol–water partition coefficient (Wildman–Crippen LogP) is 2.50. The van der Waals surface area contributed by atoms with Gasteiger partial charge in [-0.25, -0.2) is 4.98 Å². The number of aryl methyl sites for hydroxylation is 1. The number of nitrogens with one attached hydrogen (secondary N) is 1. The second-order valence-corrected chi connectivity index (χ2v) is 3.76. The monoisotopic (exact) mass is 189 g/mol. The van der Waals surface area contributed by atoms with Gasteiger partial charge in [-0.2, -0.15) is 5.26 Å². The summed E-state index contributed by atoms with van der Waals surface area (Å²) in [5.41, 5.74) is 2.13. The van der Waals surface area contributed by atoms with Crippen molar-refractivity contribution >= 4 is 26.7 Å². The number of benzene rings is 1. The second-order valence-electron chi connectivity index (χ2n) is 2.73. The minimum Gasteiger partial charge on any atom is -0.268 e. The van der Waals surface area contributed by atoms with Gasteiger partial charge >= 0.3 is 0 Å². The minimum atomic E-state index is 0.656. The van der Waals surface area contributed by atoms with Crippen molar-refractivity contribution in [3.05, 3.63) is 23.8 Å². The molecule has 0 fully saturated rings. The lowest BCUT2D eigenvalue weighted by Gasteiger charge is -1.88. The molecular formula is C9H7N3S. The lowest BCUT2D eigenvalue weighted by atomic mass is 10.2. The average molecular weight is 189 g/mol. The summed E-state index contributed by atoms with van der Waals surface area (Å²) in [5.74, 6) is 0. The van der Waals surface area contributed by atoms with Gasteiger partial charge in [0.05, 0.1) is 10.2 Å². The van der Waals surface area contributed by atoms with Crippen LogP contribution in [0.25, 0.3) is 10.2 Å². The van der Waals surface area contributed by atoms with Crippen molar-refractivity contribution in [1.29, 1.82) is 5.26 Å². The van der Waals surface area contributed by atoms with Crippen molar-refractivity contribution in [2.75, 3.05) is 5.32 Å². The Morgan fingerprint density at radius 1 is 1.54 bits per heavy atom. The van der Waals surface area contributed by atoms with Gasteiger partial charge in [0, 0.05) is 0 Å². The molecule has 0 amide bonds. The maximum Gasteiger partial charge on any atom is 0.197 e. The standard InChI is InChI=1S/C9H7N3S/c1-6-2-3-8-7(4-6)12-9(13-8)11-5-10/h2-4H,1H3,(H,11,12). The summed E-state index contributed by atoms with van der Waals surface area (Å²) < 4.78 is 1.10. The number of hydrogen-bond donors (Lipinski definition) is 1. The largest absolute Gasteiger partial charge is 0.268 e. The van der Waals surface area contributed by atoms with Gasteiger partial charge in [-0.1, -0.05) is 17.4 Å². The third-order valence-electron chi connectivity index (χ3n) is 1.71. The Morgan fingerprint density at radius 3 is 3.15 bits per heavy atom. The highest BCUT2D eigenvalue weighted by molar-refractivity contribution is 7.22. The molecule has 0 spiro atoms. The van der Waals surface area contributed by atoms with Gasteiger partial charge in [0.25, 0.3) is 0 Å². The molecule has 1 aromatic heterocycles. The first-order valence-corrected chi connectivity index (χ1v) is 4.63. The Labute approximate surface area is 79.6 Å². The van der Waals surface area contributed by atoms with E-state index in [1.54, 1.807) is 0 Å². The number of rotatable bonds is 1. The van der Waals surface area contributed by atoms with Gasteiger partial charge in [-0.3, -0.25) is 5.32 Å². The number of thiazole rings is 1. The molecule has 0 bridgehead atoms. The fourth-order valence-corrected chi connectivity index (χ4v) is 1.93. The predicted molar refractivity (Wildman–Crippen MR) is 53.6 cm³/mol. The van der Waals surface area contributed by atoms with Crippen LogP contribution >= 0.6 is 11.3 Å². The molecule has 0 unspecified atom stereocenters. The Bertz CT molecular complexity index is 481. The molecule has 0 aliphatic heterocycles. The first kappa shape index (κ1) is 8.02. The number of anilines is 1. The van der Waals surface area contributed by atoms with E-state index in [4.69, 9.17) is 5.26 Å². The van der Waals surface area contributed by atoms with Crippen LogP contribution in [0.2, 0.25) is 0 Å². The van der Waals surface area contributed by atoms with E-state index in [1.165, 1.54) is 16.9 Å². The number of nitriles is 1. The van der Waals surface area contributed by atoms with Gasteiger partial charge < -0.3 is 0 Å². The van der Waals surface area contributed by atoms with Gasteiger partial charge in [-0.05, 0) is 24.6 Å². The van der Waals surface area contributed by atoms with E-state index in [2.05, 4.69) is 10.3 Å².